The first-order chi connectivity index (χ1) is 7.38. The van der Waals surface area contributed by atoms with Gasteiger partial charge in [-0.15, -0.1) is 0 Å². The number of hydrogen-bond acceptors (Lipinski definition) is 2. The predicted octanol–water partition coefficient (Wildman–Crippen LogP) is 4.50. The zero-order chi connectivity index (χ0) is 12.8. The van der Waals surface area contributed by atoms with Crippen LogP contribution in [0.1, 0.15) is 47.5 Å². The fourth-order valence-corrected chi connectivity index (χ4v) is 1.33. The molecule has 2 heteroatoms. The fourth-order valence-electron chi connectivity index (χ4n) is 1.33. The molecule has 0 aromatic rings. The molecule has 1 N–H and O–H groups in total. The highest BCUT2D eigenvalue weighted by atomic mass is 16.5. The van der Waals surface area contributed by atoms with E-state index in [1.807, 2.05) is 6.92 Å². The standard InChI is InChI=1S/C14H24O2/c1-7-13(11(4)10-12(5)15)16-14(6,8-2)9-3/h7,10,15H,1,8-9H2,2-6H3/b12-10+,13-11+. The van der Waals surface area contributed by atoms with Gasteiger partial charge >= 0.3 is 0 Å². The Bertz CT molecular complexity index is 290. The first kappa shape index (κ1) is 14.8. The van der Waals surface area contributed by atoms with Crippen LogP contribution >= 0.6 is 0 Å². The Morgan fingerprint density at radius 1 is 1.31 bits per heavy atom. The molecule has 0 unspecified atom stereocenters. The van der Waals surface area contributed by atoms with Crippen molar-refractivity contribution in [1.82, 2.24) is 0 Å². The van der Waals surface area contributed by atoms with Crippen LogP contribution in [0.4, 0.5) is 0 Å². The first-order valence-corrected chi connectivity index (χ1v) is 5.78. The quantitative estimate of drug-likeness (QED) is 0.531. The third kappa shape index (κ3) is 4.56. The first-order valence-electron chi connectivity index (χ1n) is 5.78. The van der Waals surface area contributed by atoms with Crippen LogP contribution in [0.15, 0.2) is 35.8 Å². The number of ether oxygens (including phenoxy) is 1. The SMILES string of the molecule is C=C/C(OC(C)(CC)CC)=C(C)\C=C(/C)O. The lowest BCUT2D eigenvalue weighted by molar-refractivity contribution is 0.0167. The molecule has 0 saturated carbocycles. The van der Waals surface area contributed by atoms with Crippen LogP contribution in [0, 0.1) is 0 Å². The molecule has 16 heavy (non-hydrogen) atoms. The lowest BCUT2D eigenvalue weighted by Crippen LogP contribution is -2.26. The van der Waals surface area contributed by atoms with E-state index in [4.69, 9.17) is 4.74 Å². The van der Waals surface area contributed by atoms with Crippen molar-refractivity contribution in [2.24, 2.45) is 0 Å². The van der Waals surface area contributed by atoms with E-state index in [1.54, 1.807) is 19.1 Å². The van der Waals surface area contributed by atoms with E-state index in [-0.39, 0.29) is 11.4 Å². The summed E-state index contributed by atoms with van der Waals surface area (Å²) in [7, 11) is 0. The highest BCUT2D eigenvalue weighted by Gasteiger charge is 2.22. The summed E-state index contributed by atoms with van der Waals surface area (Å²) in [4.78, 5) is 0. The minimum atomic E-state index is -0.165. The van der Waals surface area contributed by atoms with Crippen molar-refractivity contribution in [3.05, 3.63) is 35.8 Å². The molecule has 0 aromatic heterocycles. The maximum absolute atomic E-state index is 9.22. The number of aliphatic hydroxyl groups excluding tert-OH is 1. The molecule has 0 rings (SSSR count). The van der Waals surface area contributed by atoms with E-state index in [1.165, 1.54) is 0 Å². The lowest BCUT2D eigenvalue weighted by Gasteiger charge is -2.29. The topological polar surface area (TPSA) is 29.5 Å². The highest BCUT2D eigenvalue weighted by molar-refractivity contribution is 5.27. The maximum atomic E-state index is 9.22. The molecular weight excluding hydrogens is 200 g/mol. The van der Waals surface area contributed by atoms with Gasteiger partial charge in [-0.25, -0.2) is 0 Å². The molecule has 0 spiro atoms. The van der Waals surface area contributed by atoms with E-state index < -0.39 is 0 Å². The van der Waals surface area contributed by atoms with Crippen molar-refractivity contribution in [1.29, 1.82) is 0 Å². The van der Waals surface area contributed by atoms with Crippen LogP contribution < -0.4 is 0 Å². The zero-order valence-electron chi connectivity index (χ0n) is 11.1. The van der Waals surface area contributed by atoms with Gasteiger partial charge in [0, 0.05) is 0 Å². The van der Waals surface area contributed by atoms with Gasteiger partial charge in [-0.2, -0.15) is 0 Å². The van der Waals surface area contributed by atoms with Crippen LogP contribution in [0.5, 0.6) is 0 Å². The Kier molecular flexibility index (Phi) is 5.94. The van der Waals surface area contributed by atoms with E-state index in [9.17, 15) is 5.11 Å². The molecule has 0 aliphatic carbocycles. The van der Waals surface area contributed by atoms with E-state index >= 15 is 0 Å². The molecule has 0 aliphatic heterocycles. The van der Waals surface area contributed by atoms with Crippen LogP contribution in [-0.2, 0) is 4.74 Å². The Morgan fingerprint density at radius 3 is 2.12 bits per heavy atom. The monoisotopic (exact) mass is 224 g/mol. The third-order valence-corrected chi connectivity index (χ3v) is 2.85. The number of hydrogen-bond donors (Lipinski definition) is 1. The average molecular weight is 224 g/mol. The van der Waals surface area contributed by atoms with E-state index in [0.717, 1.165) is 24.2 Å². The van der Waals surface area contributed by atoms with Gasteiger partial charge in [-0.1, -0.05) is 20.4 Å². The number of aliphatic hydroxyl groups is 1. The van der Waals surface area contributed by atoms with Gasteiger partial charge in [0.05, 0.1) is 5.76 Å². The second-order valence-corrected chi connectivity index (χ2v) is 4.30. The van der Waals surface area contributed by atoms with Crippen molar-refractivity contribution in [2.75, 3.05) is 0 Å². The van der Waals surface area contributed by atoms with Crippen molar-refractivity contribution in [3.63, 3.8) is 0 Å². The van der Waals surface area contributed by atoms with Gasteiger partial charge < -0.3 is 9.84 Å². The normalized spacial score (nSPS) is 14.4. The molecule has 0 aromatic carbocycles. The summed E-state index contributed by atoms with van der Waals surface area (Å²) in [5.74, 6) is 1.01. The lowest BCUT2D eigenvalue weighted by atomic mass is 10.00. The molecule has 0 bridgehead atoms. The molecule has 0 radical (unpaired) electrons. The van der Waals surface area contributed by atoms with Crippen LogP contribution in [0.3, 0.4) is 0 Å². The Balaban J connectivity index is 5.02. The van der Waals surface area contributed by atoms with Gasteiger partial charge in [0.2, 0.25) is 0 Å². The zero-order valence-corrected chi connectivity index (χ0v) is 11.1. The Hall–Kier alpha value is -1.18. The number of rotatable bonds is 6. The van der Waals surface area contributed by atoms with Crippen molar-refractivity contribution < 1.29 is 9.84 Å². The minimum absolute atomic E-state index is 0.165. The van der Waals surface area contributed by atoms with Crippen molar-refractivity contribution in [3.8, 4) is 0 Å². The van der Waals surface area contributed by atoms with Gasteiger partial charge in [0.1, 0.15) is 11.4 Å². The predicted molar refractivity (Wildman–Crippen MR) is 69.4 cm³/mol. The largest absolute Gasteiger partial charge is 0.513 e. The number of allylic oxidation sites excluding steroid dienone is 4. The molecule has 0 heterocycles. The molecule has 0 saturated heterocycles. The second-order valence-electron chi connectivity index (χ2n) is 4.30. The third-order valence-electron chi connectivity index (χ3n) is 2.85. The minimum Gasteiger partial charge on any atom is -0.513 e. The molecule has 2 nitrogen and oxygen atoms in total. The fraction of sp³-hybridized carbons (Fsp3) is 0.571. The summed E-state index contributed by atoms with van der Waals surface area (Å²) in [5, 5.41) is 9.22. The van der Waals surface area contributed by atoms with Gasteiger partial charge in [0.25, 0.3) is 0 Å². The molecule has 0 fully saturated rings. The summed E-state index contributed by atoms with van der Waals surface area (Å²) >= 11 is 0. The molecule has 0 atom stereocenters. The van der Waals surface area contributed by atoms with Crippen LogP contribution in [-0.4, -0.2) is 10.7 Å². The van der Waals surface area contributed by atoms with Gasteiger partial charge in [-0.05, 0) is 51.3 Å². The van der Waals surface area contributed by atoms with Gasteiger partial charge in [0.15, 0.2) is 0 Å². The summed E-state index contributed by atoms with van der Waals surface area (Å²) in [5.41, 5.74) is 0.727. The summed E-state index contributed by atoms with van der Waals surface area (Å²) in [6.45, 7) is 13.6. The highest BCUT2D eigenvalue weighted by Crippen LogP contribution is 2.25. The second kappa shape index (κ2) is 6.41. The summed E-state index contributed by atoms with van der Waals surface area (Å²) in [6, 6.07) is 0. The molecule has 0 amide bonds. The Morgan fingerprint density at radius 2 is 1.81 bits per heavy atom. The molecule has 0 aliphatic rings. The van der Waals surface area contributed by atoms with Crippen molar-refractivity contribution in [2.45, 2.75) is 53.1 Å². The smallest absolute Gasteiger partial charge is 0.122 e. The van der Waals surface area contributed by atoms with E-state index in [2.05, 4.69) is 27.4 Å². The average Bonchev–Trinajstić information content (AvgIpc) is 2.24. The Labute approximate surface area is 99.3 Å². The van der Waals surface area contributed by atoms with Crippen LogP contribution in [0.2, 0.25) is 0 Å². The van der Waals surface area contributed by atoms with E-state index in [0.29, 0.717) is 0 Å². The molecular formula is C14H24O2. The summed E-state index contributed by atoms with van der Waals surface area (Å²) in [6.07, 6.45) is 5.26. The van der Waals surface area contributed by atoms with Crippen molar-refractivity contribution >= 4 is 0 Å². The molecule has 92 valence electrons. The van der Waals surface area contributed by atoms with Gasteiger partial charge in [-0.3, -0.25) is 0 Å². The summed E-state index contributed by atoms with van der Waals surface area (Å²) < 4.78 is 5.95. The maximum Gasteiger partial charge on any atom is 0.122 e. The van der Waals surface area contributed by atoms with Crippen LogP contribution in [0.25, 0.3) is 0 Å².